The van der Waals surface area contributed by atoms with Crippen LogP contribution in [0, 0.1) is 0 Å². The molecule has 0 bridgehead atoms. The molecule has 0 radical (unpaired) electrons. The molecule has 0 aliphatic rings. The van der Waals surface area contributed by atoms with Crippen molar-refractivity contribution < 1.29 is 4.74 Å². The van der Waals surface area contributed by atoms with E-state index in [1.807, 2.05) is 12.1 Å². The number of aliphatic imine (C=N–C) groups is 1. The van der Waals surface area contributed by atoms with Gasteiger partial charge in [0.25, 0.3) is 0 Å². The molecule has 0 aliphatic heterocycles. The predicted molar refractivity (Wildman–Crippen MR) is 85.4 cm³/mol. The van der Waals surface area contributed by atoms with Crippen molar-refractivity contribution in [3.63, 3.8) is 0 Å². The third-order valence-electron chi connectivity index (χ3n) is 3.60. The number of methoxy groups -OCH3 is 1. The Morgan fingerprint density at radius 1 is 1.20 bits per heavy atom. The molecule has 0 spiro atoms. The van der Waals surface area contributed by atoms with E-state index in [-0.39, 0.29) is 5.41 Å². The zero-order valence-electron chi connectivity index (χ0n) is 13.3. The van der Waals surface area contributed by atoms with Gasteiger partial charge in [0.2, 0.25) is 0 Å². The van der Waals surface area contributed by atoms with Crippen LogP contribution in [-0.4, -0.2) is 37.6 Å². The monoisotopic (exact) mass is 277 g/mol. The highest BCUT2D eigenvalue weighted by atomic mass is 16.5. The Balaban J connectivity index is 2.80. The second-order valence-corrected chi connectivity index (χ2v) is 5.46. The summed E-state index contributed by atoms with van der Waals surface area (Å²) in [6.45, 7) is 11.0. The van der Waals surface area contributed by atoms with Crippen LogP contribution in [0.15, 0.2) is 29.3 Å². The Morgan fingerprint density at radius 3 is 2.20 bits per heavy atom. The first-order valence-corrected chi connectivity index (χ1v) is 7.14. The highest BCUT2D eigenvalue weighted by Crippen LogP contribution is 2.25. The fourth-order valence-electron chi connectivity index (χ4n) is 2.06. The maximum Gasteiger partial charge on any atom is 0.191 e. The second-order valence-electron chi connectivity index (χ2n) is 5.46. The fourth-order valence-corrected chi connectivity index (χ4v) is 2.06. The van der Waals surface area contributed by atoms with E-state index in [1.165, 1.54) is 5.56 Å². The number of rotatable bonds is 6. The lowest BCUT2D eigenvalue weighted by Gasteiger charge is -2.25. The number of hydrogen-bond donors (Lipinski definition) is 1. The van der Waals surface area contributed by atoms with E-state index in [1.54, 1.807) is 7.11 Å². The Labute approximate surface area is 122 Å². The average Bonchev–Trinajstić information content (AvgIpc) is 2.46. The molecule has 4 heteroatoms. The summed E-state index contributed by atoms with van der Waals surface area (Å²) >= 11 is 0. The highest BCUT2D eigenvalue weighted by Gasteiger charge is 2.20. The molecule has 0 atom stereocenters. The van der Waals surface area contributed by atoms with Gasteiger partial charge in [0.05, 0.1) is 13.7 Å². The van der Waals surface area contributed by atoms with Crippen LogP contribution in [0.2, 0.25) is 0 Å². The van der Waals surface area contributed by atoms with Crippen LogP contribution in [0.25, 0.3) is 0 Å². The first-order valence-electron chi connectivity index (χ1n) is 7.14. The number of nitrogens with zero attached hydrogens (tertiary/aromatic N) is 2. The number of guanidine groups is 1. The zero-order chi connectivity index (χ0) is 15.2. The number of benzene rings is 1. The number of hydrogen-bond acceptors (Lipinski definition) is 2. The number of ether oxygens (including phenoxy) is 1. The quantitative estimate of drug-likeness (QED) is 0.642. The van der Waals surface area contributed by atoms with Crippen molar-refractivity contribution in [3.8, 4) is 5.75 Å². The van der Waals surface area contributed by atoms with Crippen molar-refractivity contribution in [2.45, 2.75) is 33.1 Å². The van der Waals surface area contributed by atoms with Crippen LogP contribution in [-0.2, 0) is 5.41 Å². The Bertz CT molecular complexity index is 434. The van der Waals surface area contributed by atoms with Gasteiger partial charge in [-0.25, -0.2) is 0 Å². The van der Waals surface area contributed by atoms with Gasteiger partial charge in [-0.1, -0.05) is 26.0 Å². The van der Waals surface area contributed by atoms with Crippen LogP contribution in [0.4, 0.5) is 0 Å². The van der Waals surface area contributed by atoms with Gasteiger partial charge in [0, 0.05) is 18.5 Å². The van der Waals surface area contributed by atoms with E-state index in [2.05, 4.69) is 49.7 Å². The third kappa shape index (κ3) is 4.15. The second kappa shape index (κ2) is 7.17. The summed E-state index contributed by atoms with van der Waals surface area (Å²) in [6, 6.07) is 8.13. The highest BCUT2D eigenvalue weighted by molar-refractivity contribution is 5.78. The number of nitrogens with two attached hydrogens (primary N) is 1. The molecule has 0 unspecified atom stereocenters. The van der Waals surface area contributed by atoms with E-state index >= 15 is 0 Å². The summed E-state index contributed by atoms with van der Waals surface area (Å²) < 4.78 is 5.19. The van der Waals surface area contributed by atoms with E-state index in [9.17, 15) is 0 Å². The molecule has 0 saturated carbocycles. The standard InChI is InChI=1S/C16H27N3O/c1-6-19(7-2)15(17)18-12-16(3,4)13-8-10-14(20-5)11-9-13/h8-11H,6-7,12H2,1-5H3,(H2,17,18). The molecule has 20 heavy (non-hydrogen) atoms. The van der Waals surface area contributed by atoms with Crippen LogP contribution in [0.5, 0.6) is 5.75 Å². The molecule has 0 aliphatic carbocycles. The fraction of sp³-hybridized carbons (Fsp3) is 0.562. The van der Waals surface area contributed by atoms with Gasteiger partial charge in [0.15, 0.2) is 5.96 Å². The Morgan fingerprint density at radius 2 is 1.75 bits per heavy atom. The van der Waals surface area contributed by atoms with Crippen LogP contribution in [0.3, 0.4) is 0 Å². The molecule has 0 amide bonds. The molecule has 0 saturated heterocycles. The SMILES string of the molecule is CCN(CC)C(N)=NCC(C)(C)c1ccc(OC)cc1. The summed E-state index contributed by atoms with van der Waals surface area (Å²) in [6.07, 6.45) is 0. The molecule has 112 valence electrons. The molecule has 2 N–H and O–H groups in total. The lowest BCUT2D eigenvalue weighted by atomic mass is 9.85. The topological polar surface area (TPSA) is 50.8 Å². The average molecular weight is 277 g/mol. The molecule has 1 aromatic rings. The smallest absolute Gasteiger partial charge is 0.191 e. The van der Waals surface area contributed by atoms with Crippen molar-refractivity contribution in [2.24, 2.45) is 10.7 Å². The molecule has 1 rings (SSSR count). The summed E-state index contributed by atoms with van der Waals surface area (Å²) in [4.78, 5) is 6.61. The first kappa shape index (κ1) is 16.3. The summed E-state index contributed by atoms with van der Waals surface area (Å²) in [5.41, 5.74) is 7.21. The first-order chi connectivity index (χ1) is 9.44. The minimum absolute atomic E-state index is 0.0515. The zero-order valence-corrected chi connectivity index (χ0v) is 13.3. The molecule has 1 aromatic carbocycles. The molecule has 0 fully saturated rings. The molecule has 0 heterocycles. The normalized spacial score (nSPS) is 12.3. The van der Waals surface area contributed by atoms with Gasteiger partial charge in [-0.15, -0.1) is 0 Å². The van der Waals surface area contributed by atoms with E-state index in [0.29, 0.717) is 12.5 Å². The molecular formula is C16H27N3O. The molecular weight excluding hydrogens is 250 g/mol. The van der Waals surface area contributed by atoms with Crippen molar-refractivity contribution >= 4 is 5.96 Å². The molecule has 4 nitrogen and oxygen atoms in total. The summed E-state index contributed by atoms with van der Waals surface area (Å²) in [5.74, 6) is 1.49. The van der Waals surface area contributed by atoms with Crippen molar-refractivity contribution in [1.82, 2.24) is 4.90 Å². The van der Waals surface area contributed by atoms with Crippen LogP contribution < -0.4 is 10.5 Å². The lowest BCUT2D eigenvalue weighted by Crippen LogP contribution is -2.38. The van der Waals surface area contributed by atoms with Gasteiger partial charge >= 0.3 is 0 Å². The van der Waals surface area contributed by atoms with Crippen LogP contribution >= 0.6 is 0 Å². The van der Waals surface area contributed by atoms with E-state index < -0.39 is 0 Å². The van der Waals surface area contributed by atoms with E-state index in [0.717, 1.165) is 18.8 Å². The Hall–Kier alpha value is -1.71. The summed E-state index contributed by atoms with van der Waals surface area (Å²) in [5, 5.41) is 0. The van der Waals surface area contributed by atoms with Crippen molar-refractivity contribution in [2.75, 3.05) is 26.7 Å². The van der Waals surface area contributed by atoms with Gasteiger partial charge in [-0.05, 0) is 31.5 Å². The van der Waals surface area contributed by atoms with Gasteiger partial charge in [-0.2, -0.15) is 0 Å². The Kier molecular flexibility index (Phi) is 5.86. The molecule has 0 aromatic heterocycles. The van der Waals surface area contributed by atoms with Crippen molar-refractivity contribution in [1.29, 1.82) is 0 Å². The third-order valence-corrected chi connectivity index (χ3v) is 3.60. The van der Waals surface area contributed by atoms with Crippen LogP contribution in [0.1, 0.15) is 33.3 Å². The van der Waals surface area contributed by atoms with Gasteiger partial charge in [-0.3, -0.25) is 4.99 Å². The van der Waals surface area contributed by atoms with Gasteiger partial charge < -0.3 is 15.4 Å². The lowest BCUT2D eigenvalue weighted by molar-refractivity contribution is 0.414. The van der Waals surface area contributed by atoms with Gasteiger partial charge in [0.1, 0.15) is 5.75 Å². The predicted octanol–water partition coefficient (Wildman–Crippen LogP) is 2.63. The minimum atomic E-state index is -0.0515. The largest absolute Gasteiger partial charge is 0.497 e. The summed E-state index contributed by atoms with van der Waals surface area (Å²) in [7, 11) is 1.68. The maximum atomic E-state index is 6.03. The minimum Gasteiger partial charge on any atom is -0.497 e. The maximum absolute atomic E-state index is 6.03. The van der Waals surface area contributed by atoms with E-state index in [4.69, 9.17) is 10.5 Å². The van der Waals surface area contributed by atoms with Crippen molar-refractivity contribution in [3.05, 3.63) is 29.8 Å².